The van der Waals surface area contributed by atoms with Gasteiger partial charge in [-0.3, -0.25) is 0 Å². The Kier molecular flexibility index (Phi) is 61.6. The third kappa shape index (κ3) is 2200. The fourth-order valence-corrected chi connectivity index (χ4v) is 0. The van der Waals surface area contributed by atoms with Crippen molar-refractivity contribution in [2.75, 3.05) is 0 Å². The number of hydrogen-bond donors (Lipinski definition) is 2. The summed E-state index contributed by atoms with van der Waals surface area (Å²) in [6, 6.07) is 0. The number of hydrogen-bond acceptors (Lipinski definition) is 13. The van der Waals surface area contributed by atoms with E-state index in [1.165, 1.54) is 0 Å². The Balaban J connectivity index is -0.0000000331. The molecule has 0 aromatic carbocycles. The van der Waals surface area contributed by atoms with Crippen LogP contribution in [0.5, 0.6) is 0 Å². The van der Waals surface area contributed by atoms with Gasteiger partial charge in [0.15, 0.2) is 0 Å². The van der Waals surface area contributed by atoms with Gasteiger partial charge in [0, 0.05) is 0 Å². The Morgan fingerprint density at radius 2 is 0.524 bits per heavy atom. The topological polar surface area (TPSA) is 334 Å². The van der Waals surface area contributed by atoms with Gasteiger partial charge in [0.05, 0.1) is 43.1 Å². The maximum atomic E-state index is 8.81. The molecule has 0 radical (unpaired) electrons. The molecule has 0 amide bonds. The first-order valence-corrected chi connectivity index (χ1v) is 8.24. The third-order valence-corrected chi connectivity index (χ3v) is 0. The van der Waals surface area contributed by atoms with E-state index in [1.807, 2.05) is 0 Å². The molecule has 2 N–H and O–H groups in total. The van der Waals surface area contributed by atoms with Crippen LogP contribution >= 0.6 is 0 Å². The minimum Gasteiger partial charge on any atom is 4.00 e. The van der Waals surface area contributed by atoms with Gasteiger partial charge in [0.2, 0.25) is 0 Å². The van der Waals surface area contributed by atoms with Crippen molar-refractivity contribution in [2.24, 2.45) is 0 Å². The molecule has 21 heavy (non-hydrogen) atoms. The van der Waals surface area contributed by atoms with E-state index in [-0.39, 0.29) is 26.2 Å². The quantitative estimate of drug-likeness (QED) is 0.278. The second-order valence-electron chi connectivity index (χ2n) is 1.04. The van der Waals surface area contributed by atoms with Gasteiger partial charge in [-0.15, -0.1) is 0 Å². The molecule has 0 heterocycles. The third-order valence-electron chi connectivity index (χ3n) is 0. The molecule has 21 heteroatoms. The predicted molar refractivity (Wildman–Crippen MR) is 5.12 cm³/mol. The summed E-state index contributed by atoms with van der Waals surface area (Å²) in [6.07, 6.45) is 0. The van der Waals surface area contributed by atoms with E-state index in [9.17, 15) is 0 Å². The maximum Gasteiger partial charge on any atom is 4.00 e. The summed E-state index contributed by atoms with van der Waals surface area (Å²) in [5.41, 5.74) is 0. The van der Waals surface area contributed by atoms with Crippen LogP contribution in [0.4, 0.5) is 0 Å². The Hall–Kier alpha value is 2.00. The van der Waals surface area contributed by atoms with E-state index >= 15 is 0 Å². The zero-order chi connectivity index (χ0) is 17.9. The molecular formula is H2Cl4O15TiZr. The van der Waals surface area contributed by atoms with Crippen molar-refractivity contribution >= 4 is 0 Å². The molecule has 0 fully saturated rings. The van der Waals surface area contributed by atoms with Gasteiger partial charge in [-0.05, 0) is 0 Å². The molecule has 0 bridgehead atoms. The number of halogens is 4. The molecule has 0 saturated carbocycles. The molecule has 15 nitrogen and oxygen atoms in total. The van der Waals surface area contributed by atoms with Gasteiger partial charge in [0.1, 0.15) is 0 Å². The average molecular weight is 523 g/mol. The van der Waals surface area contributed by atoms with Crippen molar-refractivity contribution in [1.82, 2.24) is 0 Å². The van der Waals surface area contributed by atoms with Crippen LogP contribution in [0.25, 0.3) is 0 Å². The number of rotatable bonds is 0. The van der Waals surface area contributed by atoms with Gasteiger partial charge in [-0.1, -0.05) is 0 Å². The van der Waals surface area contributed by atoms with Crippen LogP contribution in [-0.4, -0.2) is 7.38 Å². The van der Waals surface area contributed by atoms with Gasteiger partial charge >= 0.3 is 55.5 Å². The van der Waals surface area contributed by atoms with Crippen LogP contribution in [0, 0.1) is 43.1 Å². The minimum atomic E-state index is -3.58. The van der Waals surface area contributed by atoms with Crippen LogP contribution in [0.2, 0.25) is 0 Å². The van der Waals surface area contributed by atoms with Crippen molar-refractivity contribution < 1.29 is 155 Å². The summed E-state index contributed by atoms with van der Waals surface area (Å²) in [7, 11) is -11.4. The summed E-state index contributed by atoms with van der Waals surface area (Å²) in [4.78, 5) is 0. The Bertz CT molecular complexity index is 125. The Labute approximate surface area is 153 Å². The molecule has 0 saturated heterocycles. The van der Waals surface area contributed by atoms with Crippen LogP contribution < -0.4 is 55.9 Å². The van der Waals surface area contributed by atoms with E-state index in [2.05, 4.69) is 0 Å². The summed E-state index contributed by atoms with van der Waals surface area (Å²) in [5, 5.41) is 0. The Morgan fingerprint density at radius 1 is 0.524 bits per heavy atom. The standard InChI is InChI=1S/4ClO3.2H2O.O.Ti.Zr/c4*2-1(3)4;;;;;/h;;;;2*1H2;;;/q4*-1;;;;+2;+4/p-2. The molecular weight excluding hydrogens is 521 g/mol. The smallest absolute Gasteiger partial charge is 4.00 e. The molecule has 0 aromatic heterocycles. The summed E-state index contributed by atoms with van der Waals surface area (Å²) in [6.45, 7) is 0. The summed E-state index contributed by atoms with van der Waals surface area (Å²) in [5.74, 6) is 0. The Morgan fingerprint density at radius 3 is 0.524 bits per heavy atom. The predicted octanol–water partition coefficient (Wildman–Crippen LogP) is -15.5. The SMILES string of the molecule is [O-][Cl+2]([O-])[O-].[O-][Cl+2]([O-])[O-].[O-][Cl+2]([O-])[O-].[O-][Cl+2]([O-])[O-].[O]=[Ti]([OH])[OH].[Zr+4]. The normalized spacial score (nSPS) is 8.10. The van der Waals surface area contributed by atoms with Crippen molar-refractivity contribution in [1.29, 1.82) is 0 Å². The van der Waals surface area contributed by atoms with E-state index in [1.54, 1.807) is 0 Å². The first-order chi connectivity index (χ1) is 8.66. The van der Waals surface area contributed by atoms with E-state index < -0.39 is 61.8 Å². The summed E-state index contributed by atoms with van der Waals surface area (Å²) < 4.78 is 124. The van der Waals surface area contributed by atoms with E-state index in [4.69, 9.17) is 66.6 Å². The van der Waals surface area contributed by atoms with E-state index in [0.29, 0.717) is 0 Å². The fraction of sp³-hybridized carbons (Fsp3) is 0. The summed E-state index contributed by atoms with van der Waals surface area (Å²) >= 11 is -3.58. The second-order valence-corrected chi connectivity index (χ2v) is 3.43. The van der Waals surface area contributed by atoms with Crippen molar-refractivity contribution in [2.45, 2.75) is 0 Å². The van der Waals surface area contributed by atoms with Crippen molar-refractivity contribution in [3.63, 3.8) is 0 Å². The van der Waals surface area contributed by atoms with Gasteiger partial charge < -0.3 is 55.9 Å². The van der Waals surface area contributed by atoms with Gasteiger partial charge in [-0.2, -0.15) is 0 Å². The first kappa shape index (κ1) is 38.5. The minimum absolute atomic E-state index is 0. The van der Waals surface area contributed by atoms with Crippen LogP contribution in [0.1, 0.15) is 0 Å². The zero-order valence-electron chi connectivity index (χ0n) is 8.71. The molecule has 0 aromatic rings. The monoisotopic (exact) mass is 520 g/mol. The molecule has 0 rings (SSSR count). The van der Waals surface area contributed by atoms with Gasteiger partial charge in [0.25, 0.3) is 0 Å². The van der Waals surface area contributed by atoms with Gasteiger partial charge in [-0.25, -0.2) is 0 Å². The molecule has 0 spiro atoms. The maximum absolute atomic E-state index is 8.81. The fourth-order valence-electron chi connectivity index (χ4n) is 0. The van der Waals surface area contributed by atoms with Crippen LogP contribution in [0.15, 0.2) is 0 Å². The molecule has 128 valence electrons. The largest absolute Gasteiger partial charge is 4.00 e. The molecule has 0 aliphatic carbocycles. The molecule has 0 unspecified atom stereocenters. The van der Waals surface area contributed by atoms with Crippen molar-refractivity contribution in [3.05, 3.63) is 0 Å². The zero-order valence-corrected chi connectivity index (χ0v) is 15.8. The van der Waals surface area contributed by atoms with Crippen molar-refractivity contribution in [3.8, 4) is 0 Å². The molecule has 0 aliphatic heterocycles. The van der Waals surface area contributed by atoms with Crippen LogP contribution in [-0.2, 0) is 48.1 Å². The first-order valence-electron chi connectivity index (χ1n) is 2.50. The van der Waals surface area contributed by atoms with E-state index in [0.717, 1.165) is 0 Å². The molecule has 0 aliphatic rings. The molecule has 0 atom stereocenters. The second kappa shape index (κ2) is 33.6. The van der Waals surface area contributed by atoms with Crippen LogP contribution in [0.3, 0.4) is 0 Å². The average Bonchev–Trinajstić information content (AvgIpc) is 1.94.